The number of nitrogens with one attached hydrogen (secondary N) is 1. The molecule has 1 unspecified atom stereocenters. The Balaban J connectivity index is 2.33. The van der Waals surface area contributed by atoms with Crippen LogP contribution in [0.1, 0.15) is 52.0 Å². The van der Waals surface area contributed by atoms with Gasteiger partial charge >= 0.3 is 6.03 Å². The van der Waals surface area contributed by atoms with Crippen LogP contribution in [0.15, 0.2) is 23.2 Å². The highest BCUT2D eigenvalue weighted by molar-refractivity contribution is 8.15. The van der Waals surface area contributed by atoms with E-state index in [0.29, 0.717) is 15.9 Å². The Bertz CT molecular complexity index is 691. The van der Waals surface area contributed by atoms with Gasteiger partial charge in [0.2, 0.25) is 5.91 Å². The zero-order valence-electron chi connectivity index (χ0n) is 15.0. The number of urea groups is 1. The molecule has 1 aliphatic heterocycles. The molecule has 1 saturated heterocycles. The molecule has 1 heterocycles. The van der Waals surface area contributed by atoms with E-state index in [-0.39, 0.29) is 23.6 Å². The van der Waals surface area contributed by atoms with Crippen molar-refractivity contribution in [1.29, 1.82) is 0 Å². The van der Waals surface area contributed by atoms with Crippen molar-refractivity contribution in [1.82, 2.24) is 5.32 Å². The van der Waals surface area contributed by atoms with Gasteiger partial charge in [-0.2, -0.15) is 4.99 Å². The number of nitrogens with zero attached hydrogens (tertiary/aromatic N) is 2. The van der Waals surface area contributed by atoms with E-state index < -0.39 is 6.03 Å². The summed E-state index contributed by atoms with van der Waals surface area (Å²) in [4.78, 5) is 30.2. The summed E-state index contributed by atoms with van der Waals surface area (Å²) in [5, 5.41) is 3.78. The zero-order chi connectivity index (χ0) is 18.6. The third kappa shape index (κ3) is 4.98. The van der Waals surface area contributed by atoms with Gasteiger partial charge < -0.3 is 5.32 Å². The molecule has 7 heteroatoms. The van der Waals surface area contributed by atoms with Crippen LogP contribution < -0.4 is 10.2 Å². The monoisotopic (exact) mass is 381 g/mol. The van der Waals surface area contributed by atoms with Gasteiger partial charge in [-0.1, -0.05) is 56.6 Å². The summed E-state index contributed by atoms with van der Waals surface area (Å²) in [5.74, 6) is 0.383. The van der Waals surface area contributed by atoms with Gasteiger partial charge in [-0.3, -0.25) is 9.69 Å². The molecule has 5 nitrogen and oxygen atoms in total. The lowest BCUT2D eigenvalue weighted by Gasteiger charge is -2.22. The molecule has 136 valence electrons. The third-order valence-electron chi connectivity index (χ3n) is 3.91. The highest BCUT2D eigenvalue weighted by Crippen LogP contribution is 2.35. The number of carbonyl (C=O) groups excluding carboxylic acids is 2. The molecule has 1 aliphatic rings. The normalized spacial score (nSPS) is 17.4. The lowest BCUT2D eigenvalue weighted by atomic mass is 10.0. The second-order valence-corrected chi connectivity index (χ2v) is 7.79. The van der Waals surface area contributed by atoms with Crippen LogP contribution >= 0.6 is 23.4 Å². The van der Waals surface area contributed by atoms with Gasteiger partial charge in [-0.05, 0) is 37.0 Å². The third-order valence-corrected chi connectivity index (χ3v) is 5.07. The molecule has 0 aliphatic carbocycles. The topological polar surface area (TPSA) is 61.8 Å². The predicted molar refractivity (Wildman–Crippen MR) is 106 cm³/mol. The van der Waals surface area contributed by atoms with Crippen molar-refractivity contribution in [3.63, 3.8) is 0 Å². The maximum absolute atomic E-state index is 12.4. The Morgan fingerprint density at radius 1 is 1.40 bits per heavy atom. The van der Waals surface area contributed by atoms with Crippen molar-refractivity contribution >= 4 is 46.2 Å². The maximum Gasteiger partial charge on any atom is 0.343 e. The first-order chi connectivity index (χ1) is 11.8. The van der Waals surface area contributed by atoms with E-state index in [4.69, 9.17) is 11.6 Å². The van der Waals surface area contributed by atoms with Crippen LogP contribution in [-0.4, -0.2) is 28.9 Å². The minimum atomic E-state index is -0.420. The van der Waals surface area contributed by atoms with E-state index in [1.54, 1.807) is 6.07 Å². The summed E-state index contributed by atoms with van der Waals surface area (Å²) < 4.78 is 0. The molecule has 25 heavy (non-hydrogen) atoms. The fourth-order valence-corrected chi connectivity index (χ4v) is 3.74. The lowest BCUT2D eigenvalue weighted by molar-refractivity contribution is -0.115. The van der Waals surface area contributed by atoms with Crippen molar-refractivity contribution < 1.29 is 9.59 Å². The van der Waals surface area contributed by atoms with Crippen LogP contribution in [-0.2, 0) is 4.79 Å². The van der Waals surface area contributed by atoms with Crippen molar-refractivity contribution in [3.05, 3.63) is 28.8 Å². The number of benzene rings is 1. The van der Waals surface area contributed by atoms with Crippen molar-refractivity contribution in [2.45, 2.75) is 52.5 Å². The summed E-state index contributed by atoms with van der Waals surface area (Å²) in [6.45, 7) is 8.11. The van der Waals surface area contributed by atoms with Crippen LogP contribution in [0.5, 0.6) is 0 Å². The van der Waals surface area contributed by atoms with Gasteiger partial charge in [0.1, 0.15) is 0 Å². The molecule has 0 radical (unpaired) electrons. The molecule has 1 aromatic rings. The molecule has 0 saturated carbocycles. The molecule has 0 spiro atoms. The van der Waals surface area contributed by atoms with Crippen LogP contribution in [0.4, 0.5) is 10.5 Å². The van der Waals surface area contributed by atoms with Gasteiger partial charge in [0.15, 0.2) is 5.17 Å². The Kier molecular flexibility index (Phi) is 6.90. The first-order valence-electron chi connectivity index (χ1n) is 8.47. The van der Waals surface area contributed by atoms with E-state index >= 15 is 0 Å². The van der Waals surface area contributed by atoms with Gasteiger partial charge in [0.25, 0.3) is 0 Å². The minimum absolute atomic E-state index is 0.0507. The fraction of sp³-hybridized carbons (Fsp3) is 0.500. The molecule has 0 bridgehead atoms. The number of thioether (sulfide) groups is 1. The Morgan fingerprint density at radius 3 is 2.76 bits per heavy atom. The van der Waals surface area contributed by atoms with E-state index in [9.17, 15) is 9.59 Å². The molecule has 1 atom stereocenters. The zero-order valence-corrected chi connectivity index (χ0v) is 16.6. The minimum Gasteiger partial charge on any atom is -0.334 e. The second kappa shape index (κ2) is 8.72. The summed E-state index contributed by atoms with van der Waals surface area (Å²) in [5.41, 5.74) is 1.69. The number of anilines is 1. The molecule has 0 aromatic heterocycles. The highest BCUT2D eigenvalue weighted by atomic mass is 35.5. The summed E-state index contributed by atoms with van der Waals surface area (Å²) in [6.07, 6.45) is 1.87. The second-order valence-electron chi connectivity index (χ2n) is 6.41. The van der Waals surface area contributed by atoms with E-state index in [1.807, 2.05) is 19.1 Å². The number of hydrogen-bond donors (Lipinski definition) is 1. The smallest absolute Gasteiger partial charge is 0.334 e. The average Bonchev–Trinajstić information content (AvgIpc) is 2.87. The van der Waals surface area contributed by atoms with Crippen LogP contribution in [0.25, 0.3) is 0 Å². The molecular formula is C18H24ClN3O2S. The average molecular weight is 382 g/mol. The molecule has 1 aromatic carbocycles. The number of amidine groups is 1. The van der Waals surface area contributed by atoms with Gasteiger partial charge in [0.05, 0.1) is 11.4 Å². The van der Waals surface area contributed by atoms with Gasteiger partial charge in [-0.25, -0.2) is 4.79 Å². The maximum atomic E-state index is 12.4. The Labute approximate surface area is 158 Å². The quantitative estimate of drug-likeness (QED) is 0.796. The van der Waals surface area contributed by atoms with Crippen LogP contribution in [0, 0.1) is 0 Å². The molecule has 3 amide bonds. The van der Waals surface area contributed by atoms with Crippen molar-refractivity contribution in [2.75, 3.05) is 10.7 Å². The molecule has 2 rings (SSSR count). The van der Waals surface area contributed by atoms with Crippen molar-refractivity contribution in [2.24, 2.45) is 4.99 Å². The molecule has 1 fully saturated rings. The summed E-state index contributed by atoms with van der Waals surface area (Å²) in [7, 11) is 0. The number of aliphatic imine (C=N–C) groups is 1. The largest absolute Gasteiger partial charge is 0.343 e. The number of rotatable bonds is 5. The molecule has 1 N–H and O–H groups in total. The van der Waals surface area contributed by atoms with Crippen molar-refractivity contribution in [3.8, 4) is 0 Å². The SMILES string of the molecule is CCCC(C)NC(=O)N=C1SCC(=O)N1c1cc(Cl)ccc1C(C)C. The number of amides is 3. The number of hydrogen-bond acceptors (Lipinski definition) is 3. The number of halogens is 1. The van der Waals surface area contributed by atoms with Gasteiger partial charge in [0, 0.05) is 11.1 Å². The van der Waals surface area contributed by atoms with E-state index in [2.05, 4.69) is 31.1 Å². The summed E-state index contributed by atoms with van der Waals surface area (Å²) >= 11 is 7.41. The Hall–Kier alpha value is -1.53. The lowest BCUT2D eigenvalue weighted by Crippen LogP contribution is -2.34. The molecular weight excluding hydrogens is 358 g/mol. The van der Waals surface area contributed by atoms with E-state index in [1.165, 1.54) is 16.7 Å². The number of carbonyl (C=O) groups is 2. The standard InChI is InChI=1S/C18H24ClN3O2S/c1-5-6-12(4)20-17(24)21-18-22(16(23)10-25-18)15-9-13(19)7-8-14(15)11(2)3/h7-9,11-12H,5-6,10H2,1-4H3,(H,20,24). The summed E-state index contributed by atoms with van der Waals surface area (Å²) in [6, 6.07) is 5.11. The Morgan fingerprint density at radius 2 is 2.12 bits per heavy atom. The fourth-order valence-electron chi connectivity index (χ4n) is 2.72. The predicted octanol–water partition coefficient (Wildman–Crippen LogP) is 4.80. The van der Waals surface area contributed by atoms with Crippen LogP contribution in [0.3, 0.4) is 0 Å². The first-order valence-corrected chi connectivity index (χ1v) is 9.84. The van der Waals surface area contributed by atoms with Crippen LogP contribution in [0.2, 0.25) is 5.02 Å². The first kappa shape index (κ1) is 19.8. The highest BCUT2D eigenvalue weighted by Gasteiger charge is 2.32. The van der Waals surface area contributed by atoms with Gasteiger partial charge in [-0.15, -0.1) is 0 Å². The van der Waals surface area contributed by atoms with E-state index in [0.717, 1.165) is 18.4 Å².